The van der Waals surface area contributed by atoms with Crippen molar-refractivity contribution < 1.29 is 18.9 Å². The highest BCUT2D eigenvalue weighted by Gasteiger charge is 2.58. The van der Waals surface area contributed by atoms with Gasteiger partial charge in [-0.15, -0.1) is 0 Å². The summed E-state index contributed by atoms with van der Waals surface area (Å²) in [4.78, 5) is 0. The second-order valence-electron chi connectivity index (χ2n) is 6.30. The molecule has 2 rings (SSSR count). The third kappa shape index (κ3) is 2.33. The number of ether oxygens (including phenoxy) is 4. The van der Waals surface area contributed by atoms with Crippen LogP contribution in [0, 0.1) is 11.3 Å². The fraction of sp³-hybridized carbons (Fsp3) is 1.00. The number of hydrogen-bond donors (Lipinski definition) is 0. The first kappa shape index (κ1) is 15.2. The molecule has 0 aliphatic heterocycles. The van der Waals surface area contributed by atoms with Crippen molar-refractivity contribution in [3.8, 4) is 0 Å². The maximum atomic E-state index is 5.81. The van der Waals surface area contributed by atoms with Gasteiger partial charge in [-0.25, -0.2) is 0 Å². The zero-order chi connectivity index (χ0) is 14.1. The maximum Gasteiger partial charge on any atom is 0.171 e. The van der Waals surface area contributed by atoms with E-state index in [-0.39, 0.29) is 5.41 Å². The fourth-order valence-electron chi connectivity index (χ4n) is 4.23. The zero-order valence-electron chi connectivity index (χ0n) is 13.0. The molecule has 2 atom stereocenters. The van der Waals surface area contributed by atoms with Crippen molar-refractivity contribution in [1.29, 1.82) is 0 Å². The van der Waals surface area contributed by atoms with E-state index in [2.05, 4.69) is 6.92 Å². The summed E-state index contributed by atoms with van der Waals surface area (Å²) in [6, 6.07) is 0. The highest BCUT2D eigenvalue weighted by atomic mass is 16.7. The summed E-state index contributed by atoms with van der Waals surface area (Å²) in [5.74, 6) is -0.670. The zero-order valence-corrected chi connectivity index (χ0v) is 13.0. The van der Waals surface area contributed by atoms with Gasteiger partial charge in [0.15, 0.2) is 11.6 Å². The highest BCUT2D eigenvalue weighted by molar-refractivity contribution is 5.02. The molecular weight excluding hydrogens is 244 g/mol. The van der Waals surface area contributed by atoms with Gasteiger partial charge in [0.25, 0.3) is 0 Å². The predicted octanol–water partition coefficient (Wildman–Crippen LogP) is 2.95. The third-order valence-corrected chi connectivity index (χ3v) is 5.67. The van der Waals surface area contributed by atoms with Gasteiger partial charge in [0, 0.05) is 53.6 Å². The molecule has 2 aliphatic rings. The van der Waals surface area contributed by atoms with Crippen LogP contribution in [0.3, 0.4) is 0 Å². The van der Waals surface area contributed by atoms with Crippen LogP contribution in [0.25, 0.3) is 0 Å². The van der Waals surface area contributed by atoms with E-state index in [0.717, 1.165) is 32.1 Å². The molecule has 2 aliphatic carbocycles. The van der Waals surface area contributed by atoms with Gasteiger partial charge in [-0.2, -0.15) is 0 Å². The Kier molecular flexibility index (Phi) is 4.26. The topological polar surface area (TPSA) is 36.9 Å². The summed E-state index contributed by atoms with van der Waals surface area (Å²) in [6.45, 7) is 2.36. The lowest BCUT2D eigenvalue weighted by molar-refractivity contribution is -0.327. The van der Waals surface area contributed by atoms with Gasteiger partial charge in [-0.05, 0) is 24.7 Å². The molecule has 0 bridgehead atoms. The minimum atomic E-state index is -0.490. The molecule has 19 heavy (non-hydrogen) atoms. The second-order valence-corrected chi connectivity index (χ2v) is 6.30. The molecule has 0 aromatic rings. The van der Waals surface area contributed by atoms with Crippen molar-refractivity contribution in [2.45, 2.75) is 57.0 Å². The van der Waals surface area contributed by atoms with E-state index in [9.17, 15) is 0 Å². The minimum absolute atomic E-state index is 0.255. The lowest BCUT2D eigenvalue weighted by Gasteiger charge is -2.57. The van der Waals surface area contributed by atoms with Gasteiger partial charge >= 0.3 is 0 Å². The first-order valence-electron chi connectivity index (χ1n) is 7.20. The van der Waals surface area contributed by atoms with Crippen LogP contribution in [-0.4, -0.2) is 40.0 Å². The minimum Gasteiger partial charge on any atom is -0.353 e. The molecule has 0 heterocycles. The molecule has 0 N–H and O–H groups in total. The van der Waals surface area contributed by atoms with E-state index in [1.807, 2.05) is 0 Å². The van der Waals surface area contributed by atoms with E-state index >= 15 is 0 Å². The van der Waals surface area contributed by atoms with E-state index in [4.69, 9.17) is 18.9 Å². The lowest BCUT2D eigenvalue weighted by atomic mass is 9.56. The molecule has 0 radical (unpaired) electrons. The van der Waals surface area contributed by atoms with Crippen LogP contribution in [0.15, 0.2) is 0 Å². The predicted molar refractivity (Wildman–Crippen MR) is 72.8 cm³/mol. The van der Waals surface area contributed by atoms with Gasteiger partial charge in [0.1, 0.15) is 0 Å². The number of hydrogen-bond acceptors (Lipinski definition) is 4. The summed E-state index contributed by atoms with van der Waals surface area (Å²) in [5, 5.41) is 0. The van der Waals surface area contributed by atoms with Gasteiger partial charge in [0.2, 0.25) is 0 Å². The standard InChI is InChI=1S/C15H28O4/c1-13-7-6-8-15(18-4,19-5)12(13)11-14(16-2,17-3)10-9-13/h12H,6-11H2,1-5H3. The summed E-state index contributed by atoms with van der Waals surface area (Å²) >= 11 is 0. The average molecular weight is 272 g/mol. The summed E-state index contributed by atoms with van der Waals surface area (Å²) in [6.07, 6.45) is 6.20. The molecule has 0 amide bonds. The first-order valence-corrected chi connectivity index (χ1v) is 7.20. The smallest absolute Gasteiger partial charge is 0.171 e. The Morgan fingerprint density at radius 2 is 1.42 bits per heavy atom. The number of methoxy groups -OCH3 is 4. The largest absolute Gasteiger partial charge is 0.353 e. The second kappa shape index (κ2) is 5.32. The molecule has 0 aromatic carbocycles. The number of rotatable bonds is 4. The fourth-order valence-corrected chi connectivity index (χ4v) is 4.23. The Morgan fingerprint density at radius 1 is 0.789 bits per heavy atom. The monoisotopic (exact) mass is 272 g/mol. The van der Waals surface area contributed by atoms with E-state index in [1.54, 1.807) is 28.4 Å². The van der Waals surface area contributed by atoms with Crippen molar-refractivity contribution in [1.82, 2.24) is 0 Å². The van der Waals surface area contributed by atoms with Gasteiger partial charge < -0.3 is 18.9 Å². The molecule has 112 valence electrons. The van der Waals surface area contributed by atoms with E-state index in [1.165, 1.54) is 6.42 Å². The Hall–Kier alpha value is -0.160. The molecule has 0 spiro atoms. The molecule has 4 heteroatoms. The Labute approximate surface area is 116 Å². The van der Waals surface area contributed by atoms with Crippen molar-refractivity contribution in [3.63, 3.8) is 0 Å². The molecule has 2 saturated carbocycles. The Balaban J connectivity index is 2.32. The summed E-state index contributed by atoms with van der Waals surface area (Å²) in [7, 11) is 6.98. The quantitative estimate of drug-likeness (QED) is 0.737. The first-order chi connectivity index (χ1) is 9.00. The molecular formula is C15H28O4. The lowest BCUT2D eigenvalue weighted by Crippen LogP contribution is -2.59. The van der Waals surface area contributed by atoms with Crippen LogP contribution in [0.4, 0.5) is 0 Å². The Morgan fingerprint density at radius 3 is 1.95 bits per heavy atom. The van der Waals surface area contributed by atoms with Crippen molar-refractivity contribution >= 4 is 0 Å². The van der Waals surface area contributed by atoms with E-state index in [0.29, 0.717) is 5.92 Å². The van der Waals surface area contributed by atoms with Crippen molar-refractivity contribution in [3.05, 3.63) is 0 Å². The molecule has 4 nitrogen and oxygen atoms in total. The van der Waals surface area contributed by atoms with Gasteiger partial charge in [-0.3, -0.25) is 0 Å². The summed E-state index contributed by atoms with van der Waals surface area (Å²) in [5.41, 5.74) is 0.255. The van der Waals surface area contributed by atoms with Gasteiger partial charge in [-0.1, -0.05) is 6.92 Å². The molecule has 2 unspecified atom stereocenters. The van der Waals surface area contributed by atoms with Crippen LogP contribution < -0.4 is 0 Å². The third-order valence-electron chi connectivity index (χ3n) is 5.67. The highest BCUT2D eigenvalue weighted by Crippen LogP contribution is 2.58. The van der Waals surface area contributed by atoms with Crippen LogP contribution in [-0.2, 0) is 18.9 Å². The summed E-state index contributed by atoms with van der Waals surface area (Å²) < 4.78 is 23.0. The van der Waals surface area contributed by atoms with Gasteiger partial charge in [0.05, 0.1) is 0 Å². The van der Waals surface area contributed by atoms with Crippen molar-refractivity contribution in [2.24, 2.45) is 11.3 Å². The number of fused-ring (bicyclic) bond motifs is 1. The normalized spacial score (nSPS) is 36.8. The maximum absolute atomic E-state index is 5.81. The van der Waals surface area contributed by atoms with Crippen LogP contribution >= 0.6 is 0 Å². The average Bonchev–Trinajstić information content (AvgIpc) is 2.46. The van der Waals surface area contributed by atoms with Crippen LogP contribution in [0.2, 0.25) is 0 Å². The van der Waals surface area contributed by atoms with Crippen LogP contribution in [0.5, 0.6) is 0 Å². The van der Waals surface area contributed by atoms with Crippen LogP contribution in [0.1, 0.15) is 45.4 Å². The molecule has 0 aromatic heterocycles. The molecule has 2 fully saturated rings. The SMILES string of the molecule is COC1(OC)CCC2(C)CCCC(OC)(OC)C2C1. The van der Waals surface area contributed by atoms with Crippen molar-refractivity contribution in [2.75, 3.05) is 28.4 Å². The molecule has 0 saturated heterocycles. The Bertz CT molecular complexity index is 309. The van der Waals surface area contributed by atoms with E-state index < -0.39 is 11.6 Å².